The van der Waals surface area contributed by atoms with Gasteiger partial charge in [0.25, 0.3) is 5.91 Å². The van der Waals surface area contributed by atoms with E-state index in [1.165, 1.54) is 12.3 Å². The minimum absolute atomic E-state index is 0.0458. The van der Waals surface area contributed by atoms with Crippen molar-refractivity contribution in [3.63, 3.8) is 0 Å². The lowest BCUT2D eigenvalue weighted by Gasteiger charge is -2.34. The number of carbonyl (C=O) groups excluding carboxylic acids is 2. The van der Waals surface area contributed by atoms with Crippen molar-refractivity contribution in [1.29, 1.82) is 0 Å². The molecular formula is C12H13ClFN3O2. The topological polar surface area (TPSA) is 53.5 Å². The summed E-state index contributed by atoms with van der Waals surface area (Å²) in [5.41, 5.74) is 0.346. The summed E-state index contributed by atoms with van der Waals surface area (Å²) < 4.78 is 12.7. The molecule has 102 valence electrons. The van der Waals surface area contributed by atoms with Gasteiger partial charge in [-0.2, -0.15) is 4.39 Å². The molecule has 0 aromatic carbocycles. The summed E-state index contributed by atoms with van der Waals surface area (Å²) >= 11 is 5.48. The fraction of sp³-hybridized carbons (Fsp3) is 0.417. The molecule has 2 heterocycles. The van der Waals surface area contributed by atoms with Crippen LogP contribution < -0.4 is 0 Å². The van der Waals surface area contributed by atoms with Gasteiger partial charge in [-0.05, 0) is 12.1 Å². The molecule has 1 saturated heterocycles. The van der Waals surface area contributed by atoms with E-state index in [0.717, 1.165) is 6.07 Å². The Morgan fingerprint density at radius 1 is 1.21 bits per heavy atom. The number of hydrogen-bond donors (Lipinski definition) is 0. The number of halogens is 2. The van der Waals surface area contributed by atoms with Gasteiger partial charge in [0.15, 0.2) is 0 Å². The maximum atomic E-state index is 12.7. The molecule has 1 aromatic rings. The maximum absolute atomic E-state index is 12.7. The number of rotatable bonds is 2. The van der Waals surface area contributed by atoms with E-state index < -0.39 is 5.95 Å². The molecule has 0 aliphatic carbocycles. The Balaban J connectivity index is 1.96. The Kier molecular flexibility index (Phi) is 4.31. The van der Waals surface area contributed by atoms with Crippen molar-refractivity contribution in [2.24, 2.45) is 0 Å². The van der Waals surface area contributed by atoms with Crippen molar-refractivity contribution >= 4 is 23.4 Å². The van der Waals surface area contributed by atoms with Crippen LogP contribution in [0.3, 0.4) is 0 Å². The number of amides is 2. The van der Waals surface area contributed by atoms with E-state index in [1.807, 2.05) is 0 Å². The van der Waals surface area contributed by atoms with E-state index in [2.05, 4.69) is 4.98 Å². The standard InChI is InChI=1S/C12H13ClFN3O2/c13-7-11(18)16-3-5-17(6-4-16)12(19)9-1-2-10(14)15-8-9/h1-2,8H,3-7H2. The van der Waals surface area contributed by atoms with E-state index in [1.54, 1.807) is 9.80 Å². The van der Waals surface area contributed by atoms with Crippen LogP contribution in [0.1, 0.15) is 10.4 Å². The third-order valence-electron chi connectivity index (χ3n) is 3.01. The van der Waals surface area contributed by atoms with E-state index in [-0.39, 0.29) is 17.7 Å². The van der Waals surface area contributed by atoms with Crippen LogP contribution in [-0.2, 0) is 4.79 Å². The molecule has 0 atom stereocenters. The number of piperazine rings is 1. The lowest BCUT2D eigenvalue weighted by molar-refractivity contribution is -0.129. The zero-order valence-electron chi connectivity index (χ0n) is 10.2. The van der Waals surface area contributed by atoms with Crippen LogP contribution in [0.15, 0.2) is 18.3 Å². The minimum atomic E-state index is -0.617. The zero-order valence-corrected chi connectivity index (χ0v) is 10.9. The van der Waals surface area contributed by atoms with Gasteiger partial charge in [-0.25, -0.2) is 4.98 Å². The lowest BCUT2D eigenvalue weighted by Crippen LogP contribution is -2.51. The number of carbonyl (C=O) groups is 2. The number of hydrogen-bond acceptors (Lipinski definition) is 3. The van der Waals surface area contributed by atoms with E-state index in [0.29, 0.717) is 31.7 Å². The average Bonchev–Trinajstić information content (AvgIpc) is 2.46. The van der Waals surface area contributed by atoms with Crippen molar-refractivity contribution in [2.45, 2.75) is 0 Å². The third kappa shape index (κ3) is 3.20. The van der Waals surface area contributed by atoms with Gasteiger partial charge in [0.2, 0.25) is 11.9 Å². The molecule has 0 saturated carbocycles. The summed E-state index contributed by atoms with van der Waals surface area (Å²) in [4.78, 5) is 30.2. The van der Waals surface area contributed by atoms with Gasteiger partial charge in [-0.15, -0.1) is 11.6 Å². The monoisotopic (exact) mass is 285 g/mol. The molecule has 1 fully saturated rings. The molecule has 0 radical (unpaired) electrons. The highest BCUT2D eigenvalue weighted by atomic mass is 35.5. The molecule has 5 nitrogen and oxygen atoms in total. The molecule has 0 bridgehead atoms. The van der Waals surface area contributed by atoms with Gasteiger partial charge in [-0.3, -0.25) is 9.59 Å². The lowest BCUT2D eigenvalue weighted by atomic mass is 10.2. The largest absolute Gasteiger partial charge is 0.338 e. The molecule has 1 aromatic heterocycles. The van der Waals surface area contributed by atoms with Crippen molar-refractivity contribution in [2.75, 3.05) is 32.1 Å². The first-order valence-electron chi connectivity index (χ1n) is 5.86. The molecular weight excluding hydrogens is 273 g/mol. The minimum Gasteiger partial charge on any atom is -0.338 e. The van der Waals surface area contributed by atoms with Crippen LogP contribution in [0.4, 0.5) is 4.39 Å². The van der Waals surface area contributed by atoms with Gasteiger partial charge < -0.3 is 9.80 Å². The molecule has 1 aliphatic heterocycles. The second-order valence-electron chi connectivity index (χ2n) is 4.18. The summed E-state index contributed by atoms with van der Waals surface area (Å²) in [6, 6.07) is 2.56. The SMILES string of the molecule is O=C(CCl)N1CCN(C(=O)c2ccc(F)nc2)CC1. The maximum Gasteiger partial charge on any atom is 0.255 e. The van der Waals surface area contributed by atoms with Gasteiger partial charge in [0.05, 0.1) is 5.56 Å². The van der Waals surface area contributed by atoms with Gasteiger partial charge >= 0.3 is 0 Å². The molecule has 2 amide bonds. The highest BCUT2D eigenvalue weighted by Gasteiger charge is 2.24. The molecule has 2 rings (SSSR count). The fourth-order valence-electron chi connectivity index (χ4n) is 1.93. The van der Waals surface area contributed by atoms with Crippen molar-refractivity contribution in [3.8, 4) is 0 Å². The Bertz CT molecular complexity index is 472. The molecule has 0 N–H and O–H groups in total. The first-order valence-corrected chi connectivity index (χ1v) is 6.40. The summed E-state index contributed by atoms with van der Waals surface area (Å²) in [6.45, 7) is 1.81. The summed E-state index contributed by atoms with van der Waals surface area (Å²) in [5.74, 6) is -0.993. The van der Waals surface area contributed by atoms with Crippen LogP contribution >= 0.6 is 11.6 Å². The predicted molar refractivity (Wildman–Crippen MR) is 67.4 cm³/mol. The molecule has 0 unspecified atom stereocenters. The Hall–Kier alpha value is -1.69. The van der Waals surface area contributed by atoms with Crippen LogP contribution in [0.2, 0.25) is 0 Å². The van der Waals surface area contributed by atoms with E-state index in [9.17, 15) is 14.0 Å². The Morgan fingerprint density at radius 2 is 1.84 bits per heavy atom. The van der Waals surface area contributed by atoms with E-state index >= 15 is 0 Å². The summed E-state index contributed by atoms with van der Waals surface area (Å²) in [5, 5.41) is 0. The van der Waals surface area contributed by atoms with Crippen LogP contribution in [0.25, 0.3) is 0 Å². The van der Waals surface area contributed by atoms with Crippen LogP contribution in [-0.4, -0.2) is 58.7 Å². The van der Waals surface area contributed by atoms with Gasteiger partial charge in [0.1, 0.15) is 5.88 Å². The van der Waals surface area contributed by atoms with Crippen LogP contribution in [0.5, 0.6) is 0 Å². The molecule has 7 heteroatoms. The van der Waals surface area contributed by atoms with Crippen LogP contribution in [0, 0.1) is 5.95 Å². The number of nitrogens with zero attached hydrogens (tertiary/aromatic N) is 3. The van der Waals surface area contributed by atoms with Gasteiger partial charge in [0, 0.05) is 32.4 Å². The first kappa shape index (κ1) is 13.7. The highest BCUT2D eigenvalue weighted by Crippen LogP contribution is 2.09. The van der Waals surface area contributed by atoms with Crippen molar-refractivity contribution in [3.05, 3.63) is 29.8 Å². The van der Waals surface area contributed by atoms with E-state index in [4.69, 9.17) is 11.6 Å². The molecule has 19 heavy (non-hydrogen) atoms. The fourth-order valence-corrected chi connectivity index (χ4v) is 2.10. The molecule has 0 spiro atoms. The Morgan fingerprint density at radius 3 is 2.37 bits per heavy atom. The quantitative estimate of drug-likeness (QED) is 0.595. The zero-order chi connectivity index (χ0) is 13.8. The first-order chi connectivity index (χ1) is 9.11. The number of aromatic nitrogens is 1. The number of alkyl halides is 1. The molecule has 1 aliphatic rings. The van der Waals surface area contributed by atoms with Crippen molar-refractivity contribution < 1.29 is 14.0 Å². The smallest absolute Gasteiger partial charge is 0.255 e. The second kappa shape index (κ2) is 5.97. The normalized spacial score (nSPS) is 15.5. The second-order valence-corrected chi connectivity index (χ2v) is 4.44. The third-order valence-corrected chi connectivity index (χ3v) is 3.24. The predicted octanol–water partition coefficient (Wildman–Crippen LogP) is 0.744. The number of pyridine rings is 1. The highest BCUT2D eigenvalue weighted by molar-refractivity contribution is 6.27. The van der Waals surface area contributed by atoms with Gasteiger partial charge in [-0.1, -0.05) is 0 Å². The average molecular weight is 286 g/mol. The summed E-state index contributed by atoms with van der Waals surface area (Å²) in [6.07, 6.45) is 1.22. The Labute approximate surface area is 115 Å². The summed E-state index contributed by atoms with van der Waals surface area (Å²) in [7, 11) is 0. The van der Waals surface area contributed by atoms with Crippen molar-refractivity contribution in [1.82, 2.24) is 14.8 Å².